The van der Waals surface area contributed by atoms with Gasteiger partial charge in [0, 0.05) is 11.1 Å². The van der Waals surface area contributed by atoms with E-state index >= 15 is 0 Å². The zero-order chi connectivity index (χ0) is 11.0. The first-order valence-electron chi connectivity index (χ1n) is 4.04. The third kappa shape index (κ3) is 1.66. The third-order valence-corrected chi connectivity index (χ3v) is 2.37. The summed E-state index contributed by atoms with van der Waals surface area (Å²) >= 11 is 11.1. The number of halogens is 2. The fourth-order valence-corrected chi connectivity index (χ4v) is 1.57. The predicted octanol–water partition coefficient (Wildman–Crippen LogP) is 2.13. The van der Waals surface area contributed by atoms with Gasteiger partial charge >= 0.3 is 5.76 Å². The molecule has 1 aromatic heterocycles. The number of alkyl halides is 1. The second-order valence-corrected chi connectivity index (χ2v) is 3.55. The van der Waals surface area contributed by atoms with E-state index in [4.69, 9.17) is 27.6 Å². The van der Waals surface area contributed by atoms with Crippen LogP contribution in [0.15, 0.2) is 27.4 Å². The van der Waals surface area contributed by atoms with Gasteiger partial charge in [0.25, 0.3) is 5.91 Å². The Balaban J connectivity index is 2.80. The lowest BCUT2D eigenvalue weighted by Crippen LogP contribution is -2.23. The molecule has 0 fully saturated rings. The zero-order valence-corrected chi connectivity index (χ0v) is 8.88. The molecular weight excluding hydrogens is 241 g/mol. The van der Waals surface area contributed by atoms with E-state index in [-0.39, 0.29) is 11.5 Å². The van der Waals surface area contributed by atoms with Crippen LogP contribution in [0.1, 0.15) is 4.79 Å². The number of benzene rings is 1. The average molecular weight is 246 g/mol. The molecule has 0 aliphatic heterocycles. The van der Waals surface area contributed by atoms with E-state index in [0.29, 0.717) is 10.5 Å². The lowest BCUT2D eigenvalue weighted by Gasteiger charge is -1.95. The molecule has 6 heteroatoms. The summed E-state index contributed by atoms with van der Waals surface area (Å²) in [6.45, 7) is 0. The summed E-state index contributed by atoms with van der Waals surface area (Å²) < 4.78 is 5.73. The number of oxazole rings is 1. The van der Waals surface area contributed by atoms with Gasteiger partial charge < -0.3 is 4.42 Å². The molecule has 78 valence electrons. The molecule has 1 heterocycles. The van der Waals surface area contributed by atoms with Crippen LogP contribution in [-0.2, 0) is 0 Å². The van der Waals surface area contributed by atoms with Gasteiger partial charge in [-0.2, -0.15) is 0 Å². The summed E-state index contributed by atoms with van der Waals surface area (Å²) in [5, 5.41) is 0.432. The van der Waals surface area contributed by atoms with E-state index in [1.54, 1.807) is 6.07 Å². The Bertz CT molecular complexity index is 585. The quantitative estimate of drug-likeness (QED) is 0.724. The molecule has 0 spiro atoms. The van der Waals surface area contributed by atoms with E-state index in [9.17, 15) is 9.59 Å². The highest BCUT2D eigenvalue weighted by Gasteiger charge is 2.14. The first-order chi connectivity index (χ1) is 7.13. The van der Waals surface area contributed by atoms with Crippen molar-refractivity contribution in [2.45, 2.75) is 0 Å². The molecule has 0 N–H and O–H groups in total. The minimum atomic E-state index is -0.752. The Labute approximate surface area is 94.0 Å². The molecule has 0 radical (unpaired) electrons. The topological polar surface area (TPSA) is 52.2 Å². The van der Waals surface area contributed by atoms with Gasteiger partial charge in [-0.25, -0.2) is 9.36 Å². The van der Waals surface area contributed by atoms with Crippen molar-refractivity contribution in [3.63, 3.8) is 0 Å². The van der Waals surface area contributed by atoms with Crippen molar-refractivity contribution in [1.29, 1.82) is 0 Å². The van der Waals surface area contributed by atoms with Gasteiger partial charge in [0.2, 0.25) is 0 Å². The van der Waals surface area contributed by atoms with Crippen molar-refractivity contribution in [3.8, 4) is 0 Å². The number of aromatic nitrogens is 1. The molecule has 0 amide bonds. The Hall–Kier alpha value is -1.26. The Morgan fingerprint density at radius 1 is 1.47 bits per heavy atom. The first kappa shape index (κ1) is 10.3. The van der Waals surface area contributed by atoms with E-state index < -0.39 is 11.7 Å². The lowest BCUT2D eigenvalue weighted by molar-refractivity contribution is 0.0937. The van der Waals surface area contributed by atoms with Gasteiger partial charge in [0.1, 0.15) is 5.88 Å². The smallest absolute Gasteiger partial charge is 0.407 e. The Morgan fingerprint density at radius 2 is 2.20 bits per heavy atom. The molecule has 4 nitrogen and oxygen atoms in total. The van der Waals surface area contributed by atoms with Crippen LogP contribution in [0.4, 0.5) is 0 Å². The van der Waals surface area contributed by atoms with Gasteiger partial charge in [0.15, 0.2) is 5.58 Å². The van der Waals surface area contributed by atoms with Gasteiger partial charge in [-0.1, -0.05) is 11.6 Å². The van der Waals surface area contributed by atoms with Crippen molar-refractivity contribution in [3.05, 3.63) is 33.8 Å². The number of carbonyl (C=O) groups excluding carboxylic acids is 1. The van der Waals surface area contributed by atoms with Crippen LogP contribution in [0.3, 0.4) is 0 Å². The summed E-state index contributed by atoms with van der Waals surface area (Å²) in [6, 6.07) is 4.57. The lowest BCUT2D eigenvalue weighted by atomic mass is 10.3. The fourth-order valence-electron chi connectivity index (χ4n) is 1.29. The SMILES string of the molecule is O=C(CCl)n1c(=O)oc2cc(Cl)ccc21. The fraction of sp³-hybridized carbons (Fsp3) is 0.111. The minimum Gasteiger partial charge on any atom is -0.407 e. The molecule has 0 saturated carbocycles. The molecule has 0 aliphatic carbocycles. The van der Waals surface area contributed by atoms with E-state index in [1.807, 2.05) is 0 Å². The van der Waals surface area contributed by atoms with Gasteiger partial charge in [0.05, 0.1) is 5.52 Å². The maximum absolute atomic E-state index is 11.3. The highest BCUT2D eigenvalue weighted by Crippen LogP contribution is 2.18. The molecule has 15 heavy (non-hydrogen) atoms. The molecular formula is C9H5Cl2NO3. The number of hydrogen-bond donors (Lipinski definition) is 0. The number of hydrogen-bond acceptors (Lipinski definition) is 3. The van der Waals surface area contributed by atoms with Gasteiger partial charge in [-0.05, 0) is 12.1 Å². The maximum Gasteiger partial charge on any atom is 0.426 e. The van der Waals surface area contributed by atoms with Crippen molar-refractivity contribution in [2.75, 3.05) is 5.88 Å². The predicted molar refractivity (Wildman–Crippen MR) is 56.8 cm³/mol. The monoisotopic (exact) mass is 245 g/mol. The van der Waals surface area contributed by atoms with E-state index in [2.05, 4.69) is 0 Å². The number of fused-ring (bicyclic) bond motifs is 1. The molecule has 0 unspecified atom stereocenters. The van der Waals surface area contributed by atoms with Crippen LogP contribution in [0.5, 0.6) is 0 Å². The third-order valence-electron chi connectivity index (χ3n) is 1.91. The second kappa shape index (κ2) is 3.72. The molecule has 0 saturated heterocycles. The van der Waals surface area contributed by atoms with Crippen molar-refractivity contribution >= 4 is 40.2 Å². The highest BCUT2D eigenvalue weighted by atomic mass is 35.5. The van der Waals surface area contributed by atoms with Crippen LogP contribution in [0.25, 0.3) is 11.1 Å². The summed E-state index contributed by atoms with van der Waals surface area (Å²) in [6.07, 6.45) is 0. The summed E-state index contributed by atoms with van der Waals surface area (Å²) in [5.74, 6) is -1.56. The van der Waals surface area contributed by atoms with Gasteiger partial charge in [-0.15, -0.1) is 11.6 Å². The van der Waals surface area contributed by atoms with Crippen molar-refractivity contribution in [2.24, 2.45) is 0 Å². The standard InChI is InChI=1S/C9H5Cl2NO3/c10-4-8(13)12-6-2-1-5(11)3-7(6)15-9(12)14/h1-3H,4H2. The van der Waals surface area contributed by atoms with Crippen LogP contribution >= 0.6 is 23.2 Å². The largest absolute Gasteiger partial charge is 0.426 e. The molecule has 2 aromatic rings. The molecule has 0 bridgehead atoms. The Morgan fingerprint density at radius 3 is 2.87 bits per heavy atom. The normalized spacial score (nSPS) is 10.8. The molecule has 1 aromatic carbocycles. The number of rotatable bonds is 1. The highest BCUT2D eigenvalue weighted by molar-refractivity contribution is 6.31. The second-order valence-electron chi connectivity index (χ2n) is 2.84. The molecule has 0 aliphatic rings. The van der Waals surface area contributed by atoms with Gasteiger partial charge in [-0.3, -0.25) is 4.79 Å². The first-order valence-corrected chi connectivity index (χ1v) is 4.95. The van der Waals surface area contributed by atoms with Crippen molar-refractivity contribution in [1.82, 2.24) is 4.57 Å². The zero-order valence-electron chi connectivity index (χ0n) is 7.37. The van der Waals surface area contributed by atoms with E-state index in [0.717, 1.165) is 4.57 Å². The van der Waals surface area contributed by atoms with Crippen LogP contribution in [0, 0.1) is 0 Å². The van der Waals surface area contributed by atoms with Crippen LogP contribution in [0.2, 0.25) is 5.02 Å². The minimum absolute atomic E-state index is 0.269. The number of carbonyl (C=O) groups is 1. The maximum atomic E-state index is 11.3. The van der Waals surface area contributed by atoms with Crippen LogP contribution < -0.4 is 5.76 Å². The number of nitrogens with zero attached hydrogens (tertiary/aromatic N) is 1. The summed E-state index contributed by atoms with van der Waals surface area (Å²) in [7, 11) is 0. The molecule has 2 rings (SSSR count). The Kier molecular flexibility index (Phi) is 2.54. The molecule has 0 atom stereocenters. The van der Waals surface area contributed by atoms with Crippen molar-refractivity contribution < 1.29 is 9.21 Å². The van der Waals surface area contributed by atoms with Crippen LogP contribution in [-0.4, -0.2) is 16.4 Å². The van der Waals surface area contributed by atoms with E-state index in [1.165, 1.54) is 12.1 Å². The average Bonchev–Trinajstić information content (AvgIpc) is 2.52. The summed E-state index contributed by atoms with van der Waals surface area (Å²) in [5.41, 5.74) is 0.640. The summed E-state index contributed by atoms with van der Waals surface area (Å²) in [4.78, 5) is 22.7.